The van der Waals surface area contributed by atoms with Crippen molar-refractivity contribution in [3.8, 4) is 0 Å². The van der Waals surface area contributed by atoms with Gasteiger partial charge in [0.15, 0.2) is 0 Å². The van der Waals surface area contributed by atoms with Crippen LogP contribution in [0.25, 0.3) is 0 Å². The third-order valence-electron chi connectivity index (χ3n) is 0. The molecule has 0 bridgehead atoms. The van der Waals surface area contributed by atoms with E-state index in [1.807, 2.05) is 0 Å². The molecule has 0 aromatic rings. The van der Waals surface area contributed by atoms with Gasteiger partial charge in [0.25, 0.3) is 0 Å². The second-order valence-corrected chi connectivity index (χ2v) is 1.09. The quantitative estimate of drug-likeness (QED) is 0.330. The molecular formula is C4H11NaO2. The molecule has 0 aliphatic heterocycles. The Morgan fingerprint density at radius 3 is 1.29 bits per heavy atom. The van der Waals surface area contributed by atoms with Gasteiger partial charge in [0.1, 0.15) is 0 Å². The molecular weight excluding hydrogens is 103 g/mol. The molecule has 0 rings (SSSR count). The van der Waals surface area contributed by atoms with Crippen molar-refractivity contribution in [2.75, 3.05) is 7.11 Å². The smallest absolute Gasteiger partial charge is 0.857 e. The molecule has 0 spiro atoms. The van der Waals surface area contributed by atoms with Crippen LogP contribution in [0.15, 0.2) is 0 Å². The van der Waals surface area contributed by atoms with E-state index < -0.39 is 0 Å². The minimum Gasteiger partial charge on any atom is -0.857 e. The van der Waals surface area contributed by atoms with E-state index >= 15 is 0 Å². The third-order valence-corrected chi connectivity index (χ3v) is 0. The van der Waals surface area contributed by atoms with E-state index in [-0.39, 0.29) is 35.7 Å². The van der Waals surface area contributed by atoms with Crippen molar-refractivity contribution in [1.29, 1.82) is 0 Å². The van der Waals surface area contributed by atoms with Crippen LogP contribution in [0.4, 0.5) is 0 Å². The van der Waals surface area contributed by atoms with E-state index in [0.717, 1.165) is 7.11 Å². The largest absolute Gasteiger partial charge is 1.00 e. The fourth-order valence-corrected chi connectivity index (χ4v) is 0. The number of aliphatic hydroxyl groups is 1. The van der Waals surface area contributed by atoms with E-state index in [2.05, 4.69) is 0 Å². The van der Waals surface area contributed by atoms with E-state index in [4.69, 9.17) is 10.2 Å². The summed E-state index contributed by atoms with van der Waals surface area (Å²) in [6.45, 7) is 3.44. The van der Waals surface area contributed by atoms with Gasteiger partial charge in [-0.2, -0.15) is 7.11 Å². The Labute approximate surface area is 66.8 Å². The summed E-state index contributed by atoms with van der Waals surface area (Å²) in [7, 11) is 0.750. The zero-order valence-electron chi connectivity index (χ0n) is 5.43. The van der Waals surface area contributed by atoms with Crippen LogP contribution in [0.5, 0.6) is 0 Å². The molecule has 0 fully saturated rings. The fraction of sp³-hybridized carbons (Fsp3) is 1.00. The van der Waals surface area contributed by atoms with Crippen molar-refractivity contribution < 1.29 is 39.8 Å². The second kappa shape index (κ2) is 15.8. The molecule has 40 valence electrons. The first-order valence-corrected chi connectivity index (χ1v) is 1.82. The molecule has 0 radical (unpaired) electrons. The van der Waals surface area contributed by atoms with Crippen LogP contribution in [0, 0.1) is 0 Å². The van der Waals surface area contributed by atoms with Gasteiger partial charge in [-0.15, -0.1) is 0 Å². The molecule has 0 aromatic carbocycles. The van der Waals surface area contributed by atoms with Crippen molar-refractivity contribution in [1.82, 2.24) is 0 Å². The average molecular weight is 114 g/mol. The number of hydrogen-bond acceptors (Lipinski definition) is 2. The number of hydrogen-bond donors (Lipinski definition) is 1. The normalized spacial score (nSPS) is 6.00. The standard InChI is InChI=1S/C3H8O.CH3O.Na/c1-3(2)4;1-2;/h3-4H,1-2H3;1H3;/q;-1;+1. The molecule has 7 heavy (non-hydrogen) atoms. The average Bonchev–Trinajstić information content (AvgIpc) is 1.41. The van der Waals surface area contributed by atoms with Crippen LogP contribution < -0.4 is 34.7 Å². The summed E-state index contributed by atoms with van der Waals surface area (Å²) in [5, 5.41) is 16.3. The SMILES string of the molecule is CC(C)O.C[O-].[Na+]. The predicted octanol–water partition coefficient (Wildman–Crippen LogP) is -3.63. The van der Waals surface area contributed by atoms with Crippen LogP contribution in [0.1, 0.15) is 13.8 Å². The van der Waals surface area contributed by atoms with Crippen LogP contribution in [0.3, 0.4) is 0 Å². The molecule has 1 N–H and O–H groups in total. The summed E-state index contributed by atoms with van der Waals surface area (Å²) in [6, 6.07) is 0. The van der Waals surface area contributed by atoms with Gasteiger partial charge in [0, 0.05) is 6.10 Å². The Balaban J connectivity index is -0.0000000480. The van der Waals surface area contributed by atoms with Crippen LogP contribution in [-0.4, -0.2) is 18.3 Å². The molecule has 0 aliphatic carbocycles. The van der Waals surface area contributed by atoms with Crippen molar-refractivity contribution in [2.45, 2.75) is 20.0 Å². The summed E-state index contributed by atoms with van der Waals surface area (Å²) < 4.78 is 0. The third kappa shape index (κ3) is 198. The van der Waals surface area contributed by atoms with Crippen LogP contribution >= 0.6 is 0 Å². The van der Waals surface area contributed by atoms with Gasteiger partial charge in [-0.05, 0) is 13.8 Å². The van der Waals surface area contributed by atoms with E-state index in [0.29, 0.717) is 0 Å². The van der Waals surface area contributed by atoms with Crippen molar-refractivity contribution in [3.63, 3.8) is 0 Å². The van der Waals surface area contributed by atoms with Gasteiger partial charge in [0.05, 0.1) is 0 Å². The van der Waals surface area contributed by atoms with Gasteiger partial charge < -0.3 is 10.2 Å². The van der Waals surface area contributed by atoms with Gasteiger partial charge in [-0.1, -0.05) is 0 Å². The maximum Gasteiger partial charge on any atom is 1.00 e. The Kier molecular flexibility index (Phi) is 35.3. The molecule has 0 aliphatic rings. The summed E-state index contributed by atoms with van der Waals surface area (Å²) in [5.41, 5.74) is 0. The fourth-order valence-electron chi connectivity index (χ4n) is 0. The first-order valence-electron chi connectivity index (χ1n) is 1.82. The minimum absolute atomic E-state index is 0. The van der Waals surface area contributed by atoms with Crippen LogP contribution in [0.2, 0.25) is 0 Å². The molecule has 3 heteroatoms. The molecule has 0 aromatic heterocycles. The monoisotopic (exact) mass is 114 g/mol. The van der Waals surface area contributed by atoms with E-state index in [9.17, 15) is 0 Å². The molecule has 0 atom stereocenters. The van der Waals surface area contributed by atoms with Gasteiger partial charge >= 0.3 is 29.6 Å². The zero-order valence-corrected chi connectivity index (χ0v) is 7.43. The Bertz CT molecular complexity index is 14.4. The first kappa shape index (κ1) is 15.7. The summed E-state index contributed by atoms with van der Waals surface area (Å²) in [5.74, 6) is 0. The van der Waals surface area contributed by atoms with E-state index in [1.165, 1.54) is 0 Å². The molecule has 0 unspecified atom stereocenters. The molecule has 2 nitrogen and oxygen atoms in total. The maximum atomic E-state index is 8.25. The predicted molar refractivity (Wildman–Crippen MR) is 23.3 cm³/mol. The van der Waals surface area contributed by atoms with Crippen LogP contribution in [-0.2, 0) is 0 Å². The van der Waals surface area contributed by atoms with Crippen molar-refractivity contribution in [2.24, 2.45) is 0 Å². The molecule has 0 saturated carbocycles. The summed E-state index contributed by atoms with van der Waals surface area (Å²) in [4.78, 5) is 0. The molecule has 0 amide bonds. The first-order chi connectivity index (χ1) is 2.73. The summed E-state index contributed by atoms with van der Waals surface area (Å²) >= 11 is 0. The Morgan fingerprint density at radius 2 is 1.29 bits per heavy atom. The van der Waals surface area contributed by atoms with Gasteiger partial charge in [0.2, 0.25) is 0 Å². The topological polar surface area (TPSA) is 43.3 Å². The van der Waals surface area contributed by atoms with Crippen molar-refractivity contribution >= 4 is 0 Å². The zero-order chi connectivity index (χ0) is 5.58. The molecule has 0 heterocycles. The van der Waals surface area contributed by atoms with Crippen molar-refractivity contribution in [3.05, 3.63) is 0 Å². The molecule has 0 saturated heterocycles. The maximum absolute atomic E-state index is 8.25. The van der Waals surface area contributed by atoms with Gasteiger partial charge in [-0.3, -0.25) is 0 Å². The minimum atomic E-state index is -0.167. The number of rotatable bonds is 0. The van der Waals surface area contributed by atoms with Gasteiger partial charge in [-0.25, -0.2) is 0 Å². The number of aliphatic hydroxyl groups excluding tert-OH is 1. The van der Waals surface area contributed by atoms with E-state index in [1.54, 1.807) is 13.8 Å². The Hall–Kier alpha value is 0.920. The summed E-state index contributed by atoms with van der Waals surface area (Å²) in [6.07, 6.45) is -0.167. The Morgan fingerprint density at radius 1 is 1.29 bits per heavy atom. The second-order valence-electron chi connectivity index (χ2n) is 1.09.